The number of hydrogen-bond acceptors (Lipinski definition) is 4. The van der Waals surface area contributed by atoms with Crippen LogP contribution in [-0.2, 0) is 19.6 Å². The number of nitrogens with zero attached hydrogens (tertiary/aromatic N) is 3. The number of aryl methyl sites for hydroxylation is 1. The molecular weight excluding hydrogens is 326 g/mol. The second kappa shape index (κ2) is 7.41. The van der Waals surface area contributed by atoms with Gasteiger partial charge in [0.2, 0.25) is 0 Å². The van der Waals surface area contributed by atoms with Crippen LogP contribution in [0.1, 0.15) is 22.5 Å². The molecule has 2 N–H and O–H groups in total. The Kier molecular flexibility index (Phi) is 4.66. The van der Waals surface area contributed by atoms with Crippen LogP contribution in [0.4, 0.5) is 0 Å². The van der Waals surface area contributed by atoms with Crippen molar-refractivity contribution in [3.05, 3.63) is 83.8 Å². The predicted octanol–water partition coefficient (Wildman–Crippen LogP) is 3.51. The van der Waals surface area contributed by atoms with Crippen LogP contribution in [0.3, 0.4) is 0 Å². The maximum atomic E-state index is 5.68. The Labute approximate surface area is 151 Å². The monoisotopic (exact) mass is 347 g/mol. The van der Waals surface area contributed by atoms with Gasteiger partial charge in [-0.25, -0.2) is 4.98 Å². The van der Waals surface area contributed by atoms with E-state index in [1.54, 1.807) is 6.20 Å². The number of furan rings is 1. The smallest absolute Gasteiger partial charge is 0.152 e. The normalized spacial score (nSPS) is 11.1. The highest BCUT2D eigenvalue weighted by atomic mass is 16.3. The van der Waals surface area contributed by atoms with Crippen LogP contribution in [0, 0.1) is 6.92 Å². The largest absolute Gasteiger partial charge is 0.460 e. The van der Waals surface area contributed by atoms with Crippen LogP contribution in [0.2, 0.25) is 0 Å². The Bertz CT molecular complexity index is 950. The van der Waals surface area contributed by atoms with Crippen molar-refractivity contribution in [2.45, 2.75) is 26.6 Å². The molecule has 6 heteroatoms. The van der Waals surface area contributed by atoms with Gasteiger partial charge in [0.05, 0.1) is 12.5 Å². The molecule has 0 spiro atoms. The molecule has 0 atom stereocenters. The predicted molar refractivity (Wildman–Crippen MR) is 99.3 cm³/mol. The van der Waals surface area contributed by atoms with Crippen molar-refractivity contribution in [2.75, 3.05) is 0 Å². The zero-order chi connectivity index (χ0) is 17.8. The zero-order valence-electron chi connectivity index (χ0n) is 14.6. The molecule has 4 aromatic rings. The van der Waals surface area contributed by atoms with Gasteiger partial charge in [-0.2, -0.15) is 5.10 Å². The molecule has 26 heavy (non-hydrogen) atoms. The summed E-state index contributed by atoms with van der Waals surface area (Å²) in [5, 5.41) is 10.6. The summed E-state index contributed by atoms with van der Waals surface area (Å²) in [6.07, 6.45) is 7.44. The Balaban J connectivity index is 1.33. The van der Waals surface area contributed by atoms with Crippen molar-refractivity contribution in [3.63, 3.8) is 0 Å². The highest BCUT2D eigenvalue weighted by Crippen LogP contribution is 2.23. The first-order valence-electron chi connectivity index (χ1n) is 8.61. The third-order valence-corrected chi connectivity index (χ3v) is 4.30. The lowest BCUT2D eigenvalue weighted by molar-refractivity contribution is 0.545. The van der Waals surface area contributed by atoms with Crippen molar-refractivity contribution < 1.29 is 4.42 Å². The molecule has 3 aromatic heterocycles. The topological polar surface area (TPSA) is 71.7 Å². The SMILES string of the molecule is Cc1ccc(-c2[nH]ncc2CNCc2ccc(Cn3ccnc3)cc2)o1. The van der Waals surface area contributed by atoms with Gasteiger partial charge in [-0.1, -0.05) is 24.3 Å². The van der Waals surface area contributed by atoms with Gasteiger partial charge in [0.1, 0.15) is 11.5 Å². The van der Waals surface area contributed by atoms with Gasteiger partial charge in [0, 0.05) is 37.6 Å². The highest BCUT2D eigenvalue weighted by Gasteiger charge is 2.10. The number of aromatic amines is 1. The van der Waals surface area contributed by atoms with E-state index in [0.717, 1.165) is 42.4 Å². The standard InChI is InChI=1S/C20H21N5O/c1-15-2-7-19(26-15)20-18(12-23-24-20)11-22-10-16-3-5-17(6-4-16)13-25-9-8-21-14-25/h2-9,12,14,22H,10-11,13H2,1H3,(H,23,24). The summed E-state index contributed by atoms with van der Waals surface area (Å²) in [7, 11) is 0. The van der Waals surface area contributed by atoms with Gasteiger partial charge in [-0.15, -0.1) is 0 Å². The van der Waals surface area contributed by atoms with Gasteiger partial charge in [-0.3, -0.25) is 5.10 Å². The van der Waals surface area contributed by atoms with E-state index in [1.165, 1.54) is 11.1 Å². The molecule has 4 rings (SSSR count). The first-order chi connectivity index (χ1) is 12.8. The fraction of sp³-hybridized carbons (Fsp3) is 0.200. The number of benzene rings is 1. The van der Waals surface area contributed by atoms with Crippen molar-refractivity contribution in [1.82, 2.24) is 25.1 Å². The number of hydrogen-bond donors (Lipinski definition) is 2. The van der Waals surface area contributed by atoms with E-state index in [4.69, 9.17) is 4.42 Å². The van der Waals surface area contributed by atoms with Gasteiger partial charge in [-0.05, 0) is 30.2 Å². The molecule has 0 aliphatic heterocycles. The van der Waals surface area contributed by atoms with E-state index >= 15 is 0 Å². The van der Waals surface area contributed by atoms with Gasteiger partial charge < -0.3 is 14.3 Å². The Morgan fingerprint density at radius 2 is 1.92 bits per heavy atom. The molecule has 0 saturated heterocycles. The van der Waals surface area contributed by atoms with Crippen LogP contribution in [-0.4, -0.2) is 19.7 Å². The molecule has 132 valence electrons. The lowest BCUT2D eigenvalue weighted by Gasteiger charge is -2.07. The highest BCUT2D eigenvalue weighted by molar-refractivity contribution is 5.56. The van der Waals surface area contributed by atoms with Crippen molar-refractivity contribution >= 4 is 0 Å². The maximum absolute atomic E-state index is 5.68. The number of imidazole rings is 1. The van der Waals surface area contributed by atoms with Crippen molar-refractivity contribution in [2.24, 2.45) is 0 Å². The van der Waals surface area contributed by atoms with Crippen LogP contribution in [0.15, 0.2) is 65.7 Å². The number of rotatable bonds is 7. The fourth-order valence-electron chi connectivity index (χ4n) is 2.92. The molecule has 0 aliphatic carbocycles. The van der Waals surface area contributed by atoms with E-state index < -0.39 is 0 Å². The summed E-state index contributed by atoms with van der Waals surface area (Å²) in [6, 6.07) is 12.6. The molecule has 0 radical (unpaired) electrons. The van der Waals surface area contributed by atoms with E-state index in [1.807, 2.05) is 37.8 Å². The summed E-state index contributed by atoms with van der Waals surface area (Å²) in [5.74, 6) is 1.71. The summed E-state index contributed by atoms with van der Waals surface area (Å²) in [5.41, 5.74) is 4.53. The Morgan fingerprint density at radius 3 is 2.65 bits per heavy atom. The molecular formula is C20H21N5O. The van der Waals surface area contributed by atoms with Gasteiger partial charge in [0.25, 0.3) is 0 Å². The zero-order valence-corrected chi connectivity index (χ0v) is 14.6. The molecule has 0 saturated carbocycles. The van der Waals surface area contributed by atoms with Gasteiger partial charge >= 0.3 is 0 Å². The molecule has 0 fully saturated rings. The van der Waals surface area contributed by atoms with E-state index in [2.05, 4.69) is 49.3 Å². The van der Waals surface area contributed by atoms with E-state index in [0.29, 0.717) is 0 Å². The van der Waals surface area contributed by atoms with Gasteiger partial charge in [0.15, 0.2) is 5.76 Å². The average Bonchev–Trinajstić information content (AvgIpc) is 3.38. The first kappa shape index (κ1) is 16.4. The summed E-state index contributed by atoms with van der Waals surface area (Å²) >= 11 is 0. The second-order valence-electron chi connectivity index (χ2n) is 6.34. The molecule has 6 nitrogen and oxygen atoms in total. The van der Waals surface area contributed by atoms with E-state index in [9.17, 15) is 0 Å². The molecule has 3 heterocycles. The lowest BCUT2D eigenvalue weighted by Crippen LogP contribution is -2.12. The number of nitrogens with one attached hydrogen (secondary N) is 2. The minimum Gasteiger partial charge on any atom is -0.460 e. The Morgan fingerprint density at radius 1 is 1.08 bits per heavy atom. The molecule has 1 aromatic carbocycles. The number of H-pyrrole nitrogens is 1. The Hall–Kier alpha value is -3.12. The molecule has 0 unspecified atom stereocenters. The molecule has 0 aliphatic rings. The second-order valence-corrected chi connectivity index (χ2v) is 6.34. The van der Waals surface area contributed by atoms with Crippen LogP contribution >= 0.6 is 0 Å². The number of aromatic nitrogens is 4. The maximum Gasteiger partial charge on any atom is 0.152 e. The third-order valence-electron chi connectivity index (χ3n) is 4.30. The fourth-order valence-corrected chi connectivity index (χ4v) is 2.92. The third kappa shape index (κ3) is 3.75. The summed E-state index contributed by atoms with van der Waals surface area (Å²) in [6.45, 7) is 4.30. The van der Waals surface area contributed by atoms with Crippen molar-refractivity contribution in [3.8, 4) is 11.5 Å². The quantitative estimate of drug-likeness (QED) is 0.537. The van der Waals surface area contributed by atoms with Crippen molar-refractivity contribution in [1.29, 1.82) is 0 Å². The van der Waals surface area contributed by atoms with Crippen LogP contribution < -0.4 is 5.32 Å². The average molecular weight is 347 g/mol. The summed E-state index contributed by atoms with van der Waals surface area (Å²) < 4.78 is 7.74. The van der Waals surface area contributed by atoms with Crippen LogP contribution in [0.5, 0.6) is 0 Å². The summed E-state index contributed by atoms with van der Waals surface area (Å²) in [4.78, 5) is 4.07. The molecule has 0 amide bonds. The lowest BCUT2D eigenvalue weighted by atomic mass is 10.1. The van der Waals surface area contributed by atoms with Crippen LogP contribution in [0.25, 0.3) is 11.5 Å². The molecule has 0 bridgehead atoms. The minimum absolute atomic E-state index is 0.725. The van der Waals surface area contributed by atoms with E-state index in [-0.39, 0.29) is 0 Å². The first-order valence-corrected chi connectivity index (χ1v) is 8.61. The minimum atomic E-state index is 0.725.